The fourth-order valence-electron chi connectivity index (χ4n) is 6.81. The maximum atomic E-state index is 14.2. The Labute approximate surface area is 258 Å². The summed E-state index contributed by atoms with van der Waals surface area (Å²) in [6.07, 6.45) is 7.86. The fraction of sp³-hybridized carbons (Fsp3) is 0.469. The van der Waals surface area contributed by atoms with Crippen LogP contribution in [-0.4, -0.2) is 95.1 Å². The summed E-state index contributed by atoms with van der Waals surface area (Å²) in [7, 11) is -4.09. The molecule has 0 spiro atoms. The molecule has 6 rings (SSSR count). The summed E-state index contributed by atoms with van der Waals surface area (Å²) in [4.78, 5) is 37.9. The average molecular weight is 624 g/mol. The van der Waals surface area contributed by atoms with Gasteiger partial charge >= 0.3 is 0 Å². The first kappa shape index (κ1) is 30.0. The molecule has 0 N–H and O–H groups in total. The summed E-state index contributed by atoms with van der Waals surface area (Å²) in [5.41, 5.74) is 0.725. The highest BCUT2D eigenvalue weighted by Gasteiger charge is 2.46. The first-order valence-corrected chi connectivity index (χ1v) is 17.0. The third kappa shape index (κ3) is 6.16. The SMILES string of the molecule is C[C@@H](C(=O)N1CCC[C@H]1CN1CCCC1)N1CC[C@H](N(Cc2ccncc2)S(=O)(=O)c2ccc3cc(Cl)ccc3c2)C1=O. The summed E-state index contributed by atoms with van der Waals surface area (Å²) >= 11 is 6.14. The van der Waals surface area contributed by atoms with Gasteiger partial charge in [-0.05, 0) is 105 Å². The molecule has 0 aliphatic carbocycles. The molecular weight excluding hydrogens is 586 g/mol. The zero-order valence-corrected chi connectivity index (χ0v) is 26.0. The van der Waals surface area contributed by atoms with Crippen LogP contribution in [0.3, 0.4) is 0 Å². The van der Waals surface area contributed by atoms with Crippen LogP contribution < -0.4 is 0 Å². The van der Waals surface area contributed by atoms with Crippen LogP contribution in [0.15, 0.2) is 65.8 Å². The van der Waals surface area contributed by atoms with Gasteiger partial charge in [0.1, 0.15) is 12.1 Å². The van der Waals surface area contributed by atoms with Gasteiger partial charge in [-0.2, -0.15) is 4.31 Å². The van der Waals surface area contributed by atoms with E-state index in [4.69, 9.17) is 11.6 Å². The van der Waals surface area contributed by atoms with Gasteiger partial charge in [-0.1, -0.05) is 23.7 Å². The molecule has 3 aliphatic heterocycles. The Hall–Kier alpha value is -3.05. The molecule has 3 aromatic rings. The topological polar surface area (TPSA) is 94.1 Å². The van der Waals surface area contributed by atoms with Crippen LogP contribution in [0.4, 0.5) is 0 Å². The number of hydrogen-bond acceptors (Lipinski definition) is 6. The normalized spacial score (nSPS) is 22.3. The summed E-state index contributed by atoms with van der Waals surface area (Å²) in [6.45, 7) is 5.85. The second-order valence-electron chi connectivity index (χ2n) is 11.9. The Morgan fingerprint density at radius 2 is 1.70 bits per heavy atom. The molecule has 9 nitrogen and oxygen atoms in total. The van der Waals surface area contributed by atoms with Crippen molar-refractivity contribution in [3.05, 3.63) is 71.5 Å². The van der Waals surface area contributed by atoms with Gasteiger partial charge in [0.25, 0.3) is 0 Å². The second kappa shape index (κ2) is 12.5. The van der Waals surface area contributed by atoms with E-state index in [9.17, 15) is 18.0 Å². The van der Waals surface area contributed by atoms with E-state index in [1.165, 1.54) is 17.1 Å². The number of carbonyl (C=O) groups is 2. The molecule has 2 aromatic carbocycles. The Morgan fingerprint density at radius 3 is 2.47 bits per heavy atom. The minimum Gasteiger partial charge on any atom is -0.337 e. The summed E-state index contributed by atoms with van der Waals surface area (Å²) < 4.78 is 29.8. The first-order valence-electron chi connectivity index (χ1n) is 15.2. The lowest BCUT2D eigenvalue weighted by molar-refractivity contribution is -0.144. The minimum absolute atomic E-state index is 0.0140. The third-order valence-corrected chi connectivity index (χ3v) is 11.3. The van der Waals surface area contributed by atoms with Crippen molar-refractivity contribution in [3.63, 3.8) is 0 Å². The molecule has 1 aromatic heterocycles. The quantitative estimate of drug-likeness (QED) is 0.355. The number of hydrogen-bond donors (Lipinski definition) is 0. The van der Waals surface area contributed by atoms with Gasteiger partial charge in [-0.25, -0.2) is 8.42 Å². The smallest absolute Gasteiger partial charge is 0.245 e. The molecule has 43 heavy (non-hydrogen) atoms. The third-order valence-electron chi connectivity index (χ3n) is 9.18. The van der Waals surface area contributed by atoms with E-state index < -0.39 is 22.1 Å². The van der Waals surface area contributed by atoms with Gasteiger partial charge in [0.05, 0.1) is 4.90 Å². The first-order chi connectivity index (χ1) is 20.7. The number of amides is 2. The standard InChI is InChI=1S/C32H38ClN5O4S/c1-23(31(39)37-17-4-5-28(37)22-35-15-2-3-16-35)36-18-12-30(32(36)40)38(21-24-10-13-34-14-11-24)43(41,42)29-9-7-25-19-27(33)8-6-26(25)20-29/h6-11,13-14,19-20,23,28,30H,2-5,12,15-18,21-22H2,1H3/t23-,28-,30-/m0/s1. The predicted octanol–water partition coefficient (Wildman–Crippen LogP) is 4.16. The number of fused-ring (bicyclic) bond motifs is 1. The van der Waals surface area contributed by atoms with Crippen LogP contribution >= 0.6 is 11.6 Å². The van der Waals surface area contributed by atoms with Crippen molar-refractivity contribution in [3.8, 4) is 0 Å². The molecular formula is C32H38ClN5O4S. The minimum atomic E-state index is -4.09. The highest BCUT2D eigenvalue weighted by Crippen LogP contribution is 2.31. The van der Waals surface area contributed by atoms with E-state index in [1.54, 1.807) is 72.7 Å². The Balaban J connectivity index is 1.25. The number of likely N-dealkylation sites (tertiary alicyclic amines) is 3. The fourth-order valence-corrected chi connectivity index (χ4v) is 8.63. The number of carbonyl (C=O) groups excluding carboxylic acids is 2. The molecule has 11 heteroatoms. The summed E-state index contributed by atoms with van der Waals surface area (Å²) in [5.74, 6) is -0.381. The average Bonchev–Trinajstić information content (AvgIpc) is 3.78. The van der Waals surface area contributed by atoms with Crippen LogP contribution in [0.5, 0.6) is 0 Å². The van der Waals surface area contributed by atoms with E-state index >= 15 is 0 Å². The number of rotatable bonds is 9. The lowest BCUT2D eigenvalue weighted by Gasteiger charge is -2.34. The number of nitrogens with zero attached hydrogens (tertiary/aromatic N) is 5. The van der Waals surface area contributed by atoms with Crippen molar-refractivity contribution >= 4 is 44.2 Å². The van der Waals surface area contributed by atoms with E-state index in [-0.39, 0.29) is 29.3 Å². The molecule has 228 valence electrons. The molecule has 3 aliphatic rings. The molecule has 3 saturated heterocycles. The van der Waals surface area contributed by atoms with Gasteiger partial charge in [-0.3, -0.25) is 14.6 Å². The van der Waals surface area contributed by atoms with Gasteiger partial charge in [-0.15, -0.1) is 0 Å². The number of aromatic nitrogens is 1. The Kier molecular flexibility index (Phi) is 8.73. The predicted molar refractivity (Wildman–Crippen MR) is 166 cm³/mol. The van der Waals surface area contributed by atoms with Gasteiger partial charge in [0.2, 0.25) is 21.8 Å². The highest BCUT2D eigenvalue weighted by atomic mass is 35.5. The number of benzene rings is 2. The largest absolute Gasteiger partial charge is 0.337 e. The van der Waals surface area contributed by atoms with Crippen LogP contribution in [-0.2, 0) is 26.2 Å². The lowest BCUT2D eigenvalue weighted by atomic mass is 10.1. The zero-order valence-electron chi connectivity index (χ0n) is 24.4. The zero-order chi connectivity index (χ0) is 30.1. The molecule has 3 fully saturated rings. The van der Waals surface area contributed by atoms with Crippen molar-refractivity contribution in [1.82, 2.24) is 24.0 Å². The van der Waals surface area contributed by atoms with Crippen LogP contribution in [0.2, 0.25) is 5.02 Å². The molecule has 0 radical (unpaired) electrons. The lowest BCUT2D eigenvalue weighted by Crippen LogP contribution is -2.53. The number of pyridine rings is 1. The molecule has 4 heterocycles. The van der Waals surface area contributed by atoms with Crippen LogP contribution in [0, 0.1) is 0 Å². The van der Waals surface area contributed by atoms with Gasteiger partial charge < -0.3 is 14.7 Å². The summed E-state index contributed by atoms with van der Waals surface area (Å²) in [6, 6.07) is 12.3. The van der Waals surface area contributed by atoms with Crippen molar-refractivity contribution in [1.29, 1.82) is 0 Å². The van der Waals surface area contributed by atoms with Crippen molar-refractivity contribution in [2.45, 2.75) is 68.6 Å². The second-order valence-corrected chi connectivity index (χ2v) is 14.2. The van der Waals surface area contributed by atoms with E-state index in [0.29, 0.717) is 24.5 Å². The van der Waals surface area contributed by atoms with Crippen LogP contribution in [0.1, 0.15) is 44.6 Å². The molecule has 0 saturated carbocycles. The molecule has 0 unspecified atom stereocenters. The van der Waals surface area contributed by atoms with E-state index in [1.807, 2.05) is 4.90 Å². The van der Waals surface area contributed by atoms with E-state index in [2.05, 4.69) is 9.88 Å². The highest BCUT2D eigenvalue weighted by molar-refractivity contribution is 7.89. The Morgan fingerprint density at radius 1 is 0.977 bits per heavy atom. The number of halogens is 1. The van der Waals surface area contributed by atoms with Gasteiger partial charge in [0, 0.05) is 49.6 Å². The van der Waals surface area contributed by atoms with E-state index in [0.717, 1.165) is 48.8 Å². The van der Waals surface area contributed by atoms with Crippen molar-refractivity contribution in [2.75, 3.05) is 32.7 Å². The van der Waals surface area contributed by atoms with Gasteiger partial charge in [0.15, 0.2) is 0 Å². The maximum Gasteiger partial charge on any atom is 0.245 e. The maximum absolute atomic E-state index is 14.2. The molecule has 3 atom stereocenters. The number of sulfonamides is 1. The van der Waals surface area contributed by atoms with Crippen LogP contribution in [0.25, 0.3) is 10.8 Å². The Bertz CT molecular complexity index is 1600. The van der Waals surface area contributed by atoms with Crippen molar-refractivity contribution in [2.24, 2.45) is 0 Å². The monoisotopic (exact) mass is 623 g/mol. The van der Waals surface area contributed by atoms with Crippen molar-refractivity contribution < 1.29 is 18.0 Å². The summed E-state index contributed by atoms with van der Waals surface area (Å²) in [5, 5.41) is 2.13. The molecule has 0 bridgehead atoms. The molecule has 2 amide bonds.